The lowest BCUT2D eigenvalue weighted by Crippen LogP contribution is -2.31. The van der Waals surface area contributed by atoms with E-state index in [2.05, 4.69) is 41.5 Å². The molecule has 0 saturated carbocycles. The van der Waals surface area contributed by atoms with E-state index in [4.69, 9.17) is 9.15 Å². The number of rotatable bonds is 4. The predicted molar refractivity (Wildman–Crippen MR) is 163 cm³/mol. The SMILES string of the molecule is CC(=C1C=C(C(C)(C)C)OC(C(C)(C)C)=C1)C1=C([O-])C(=Cc2cc(-c3ccccc3)[o+]c(-c3ccccc3)c2)C1=O. The normalized spacial score (nSPS) is 16.7. The van der Waals surface area contributed by atoms with Crippen LogP contribution in [0.4, 0.5) is 0 Å². The molecule has 4 nitrogen and oxygen atoms in total. The Morgan fingerprint density at radius 1 is 0.780 bits per heavy atom. The van der Waals surface area contributed by atoms with Gasteiger partial charge >= 0.3 is 11.5 Å². The fourth-order valence-corrected chi connectivity index (χ4v) is 4.75. The number of allylic oxidation sites excluding steroid dienone is 8. The van der Waals surface area contributed by atoms with Crippen molar-refractivity contribution >= 4 is 11.9 Å². The van der Waals surface area contributed by atoms with Crippen LogP contribution in [0.2, 0.25) is 0 Å². The van der Waals surface area contributed by atoms with Gasteiger partial charge in [0.05, 0.1) is 23.3 Å². The molecule has 0 bridgehead atoms. The van der Waals surface area contributed by atoms with Gasteiger partial charge in [-0.1, -0.05) is 83.7 Å². The second-order valence-electron chi connectivity index (χ2n) is 12.6. The summed E-state index contributed by atoms with van der Waals surface area (Å²) in [5.41, 5.74) is 3.99. The first kappa shape index (κ1) is 28.1. The van der Waals surface area contributed by atoms with Gasteiger partial charge in [-0.15, -0.1) is 0 Å². The molecule has 0 fully saturated rings. The monoisotopic (exact) mass is 544 g/mol. The average Bonchev–Trinajstić information content (AvgIpc) is 2.95. The number of Topliss-reactive ketones (excluding diaryl/α,β-unsaturated/α-hetero) is 1. The van der Waals surface area contributed by atoms with E-state index < -0.39 is 0 Å². The van der Waals surface area contributed by atoms with Crippen LogP contribution in [0.1, 0.15) is 54.0 Å². The molecule has 3 aromatic rings. The van der Waals surface area contributed by atoms with Crippen molar-refractivity contribution in [3.8, 4) is 22.6 Å². The molecule has 0 atom stereocenters. The van der Waals surface area contributed by atoms with Crippen molar-refractivity contribution in [1.82, 2.24) is 0 Å². The maximum absolute atomic E-state index is 13.5. The van der Waals surface area contributed by atoms with E-state index in [1.807, 2.05) is 91.9 Å². The van der Waals surface area contributed by atoms with Gasteiger partial charge in [-0.3, -0.25) is 4.79 Å². The minimum atomic E-state index is -0.244. The second kappa shape index (κ2) is 10.5. The molecule has 2 heterocycles. The standard InChI is InChI=1S/C37H36O4/c1-23(27-21-31(36(2,3)4)41-32(22-27)37(5,6)7)33-34(38)28(35(33)39)18-24-19-29(25-14-10-8-11-15-25)40-30(20-24)26-16-12-9-13-17-26/h8-22H,1-7H3. The number of benzene rings is 2. The summed E-state index contributed by atoms with van der Waals surface area (Å²) in [6, 6.07) is 23.3. The maximum atomic E-state index is 13.5. The van der Waals surface area contributed by atoms with Crippen LogP contribution in [0.3, 0.4) is 0 Å². The molecule has 0 amide bonds. The molecule has 2 aliphatic rings. The molecule has 0 saturated heterocycles. The van der Waals surface area contributed by atoms with E-state index in [1.165, 1.54) is 0 Å². The quantitative estimate of drug-likeness (QED) is 0.243. The van der Waals surface area contributed by atoms with Crippen LogP contribution >= 0.6 is 0 Å². The average molecular weight is 545 g/mol. The highest BCUT2D eigenvalue weighted by Crippen LogP contribution is 2.42. The lowest BCUT2D eigenvalue weighted by molar-refractivity contribution is -0.300. The molecule has 41 heavy (non-hydrogen) atoms. The van der Waals surface area contributed by atoms with Crippen LogP contribution in [0.5, 0.6) is 0 Å². The molecule has 2 aromatic carbocycles. The predicted octanol–water partition coefficient (Wildman–Crippen LogP) is 8.68. The third-order valence-electron chi connectivity index (χ3n) is 7.27. The van der Waals surface area contributed by atoms with E-state index in [0.717, 1.165) is 33.8 Å². The number of carbonyl (C=O) groups excluding carboxylic acids is 1. The highest BCUT2D eigenvalue weighted by atomic mass is 16.5. The third-order valence-corrected chi connectivity index (χ3v) is 7.27. The topological polar surface area (TPSA) is 60.7 Å². The number of ketones is 1. The zero-order valence-electron chi connectivity index (χ0n) is 24.8. The van der Waals surface area contributed by atoms with Crippen molar-refractivity contribution in [1.29, 1.82) is 0 Å². The third kappa shape index (κ3) is 5.74. The van der Waals surface area contributed by atoms with Crippen LogP contribution in [-0.4, -0.2) is 5.78 Å². The van der Waals surface area contributed by atoms with Gasteiger partial charge in [0.15, 0.2) is 5.78 Å². The highest BCUT2D eigenvalue weighted by molar-refractivity contribution is 6.24. The maximum Gasteiger partial charge on any atom is 0.361 e. The summed E-state index contributed by atoms with van der Waals surface area (Å²) in [4.78, 5) is 13.5. The van der Waals surface area contributed by atoms with E-state index in [-0.39, 0.29) is 33.5 Å². The summed E-state index contributed by atoms with van der Waals surface area (Å²) in [5.74, 6) is 2.44. The van der Waals surface area contributed by atoms with Crippen LogP contribution in [0, 0.1) is 10.8 Å². The first-order valence-corrected chi connectivity index (χ1v) is 13.9. The number of hydrogen-bond acceptors (Lipinski definition) is 3. The fraction of sp³-hybridized carbons (Fsp3) is 0.243. The van der Waals surface area contributed by atoms with E-state index in [9.17, 15) is 9.90 Å². The van der Waals surface area contributed by atoms with Gasteiger partial charge in [0.1, 0.15) is 11.5 Å². The molecular weight excluding hydrogens is 508 g/mol. The molecule has 1 aliphatic heterocycles. The Labute approximate surface area is 242 Å². The number of hydrogen-bond donors (Lipinski definition) is 0. The summed E-state index contributed by atoms with van der Waals surface area (Å²) < 4.78 is 12.5. The van der Waals surface area contributed by atoms with E-state index in [0.29, 0.717) is 17.1 Å². The Morgan fingerprint density at radius 3 is 1.66 bits per heavy atom. The van der Waals surface area contributed by atoms with Gasteiger partial charge in [-0.05, 0) is 66.1 Å². The lowest BCUT2D eigenvalue weighted by Gasteiger charge is -2.35. The fourth-order valence-electron chi connectivity index (χ4n) is 4.75. The summed E-state index contributed by atoms with van der Waals surface area (Å²) in [7, 11) is 0. The van der Waals surface area contributed by atoms with Crippen molar-refractivity contribution in [2.45, 2.75) is 48.5 Å². The molecule has 5 rings (SSSR count). The Hall–Kier alpha value is -4.44. The first-order chi connectivity index (χ1) is 19.3. The molecule has 0 radical (unpaired) electrons. The van der Waals surface area contributed by atoms with Crippen LogP contribution in [0.15, 0.2) is 129 Å². The molecular formula is C37H36O4. The van der Waals surface area contributed by atoms with Crippen molar-refractivity contribution in [3.63, 3.8) is 0 Å². The molecule has 0 unspecified atom stereocenters. The highest BCUT2D eigenvalue weighted by Gasteiger charge is 2.33. The number of ether oxygens (including phenoxy) is 1. The Morgan fingerprint density at radius 2 is 1.24 bits per heavy atom. The summed E-state index contributed by atoms with van der Waals surface area (Å²) >= 11 is 0. The van der Waals surface area contributed by atoms with E-state index in [1.54, 1.807) is 6.08 Å². The van der Waals surface area contributed by atoms with Gasteiger partial charge < -0.3 is 9.84 Å². The van der Waals surface area contributed by atoms with Crippen molar-refractivity contribution in [2.75, 3.05) is 0 Å². The molecule has 0 spiro atoms. The van der Waals surface area contributed by atoms with Crippen molar-refractivity contribution in [3.05, 3.63) is 130 Å². The smallest absolute Gasteiger partial charge is 0.361 e. The molecule has 4 heteroatoms. The summed E-state index contributed by atoms with van der Waals surface area (Å²) in [5, 5.41) is 13.5. The van der Waals surface area contributed by atoms with Gasteiger partial charge in [0, 0.05) is 22.0 Å². The Kier molecular flexibility index (Phi) is 7.21. The molecule has 0 N–H and O–H groups in total. The first-order valence-electron chi connectivity index (χ1n) is 13.9. The van der Waals surface area contributed by atoms with Gasteiger partial charge in [-0.2, -0.15) is 0 Å². The van der Waals surface area contributed by atoms with Crippen LogP contribution in [0.25, 0.3) is 28.7 Å². The van der Waals surface area contributed by atoms with E-state index >= 15 is 0 Å². The molecule has 1 aliphatic carbocycles. The minimum absolute atomic E-state index is 0.177. The Balaban J connectivity index is 1.59. The van der Waals surface area contributed by atoms with Crippen LogP contribution < -0.4 is 5.11 Å². The van der Waals surface area contributed by atoms with Gasteiger partial charge in [0.2, 0.25) is 0 Å². The summed E-state index contributed by atoms with van der Waals surface area (Å²) in [6.45, 7) is 14.4. The minimum Gasteiger partial charge on any atom is -0.871 e. The second-order valence-corrected chi connectivity index (χ2v) is 12.6. The van der Waals surface area contributed by atoms with Gasteiger partial charge in [-0.25, -0.2) is 4.42 Å². The molecule has 208 valence electrons. The molecule has 1 aromatic heterocycles. The number of carbonyl (C=O) groups is 1. The van der Waals surface area contributed by atoms with Gasteiger partial charge in [0.25, 0.3) is 0 Å². The summed E-state index contributed by atoms with van der Waals surface area (Å²) in [6.07, 6.45) is 5.59. The largest absolute Gasteiger partial charge is 0.871 e. The van der Waals surface area contributed by atoms with Crippen molar-refractivity contribution in [2.24, 2.45) is 10.8 Å². The van der Waals surface area contributed by atoms with Crippen LogP contribution in [-0.2, 0) is 9.53 Å². The lowest BCUT2D eigenvalue weighted by atomic mass is 9.79. The zero-order chi connectivity index (χ0) is 29.5. The van der Waals surface area contributed by atoms with Crippen molar-refractivity contribution < 1.29 is 19.1 Å². The Bertz CT molecular complexity index is 1580. The zero-order valence-corrected chi connectivity index (χ0v) is 24.8.